The molecule has 2 aromatic rings. The van der Waals surface area contributed by atoms with Crippen LogP contribution in [0.25, 0.3) is 0 Å². The highest BCUT2D eigenvalue weighted by Gasteiger charge is 2.54. The summed E-state index contributed by atoms with van der Waals surface area (Å²) in [5.74, 6) is 0.0209. The van der Waals surface area contributed by atoms with E-state index in [1.807, 2.05) is 59.5 Å². The zero-order chi connectivity index (χ0) is 25.1. The number of nitrogens with zero attached hydrogens (tertiary/aromatic N) is 4. The second kappa shape index (κ2) is 10.2. The quantitative estimate of drug-likeness (QED) is 0.697. The molecule has 3 saturated heterocycles. The van der Waals surface area contributed by atoms with Crippen molar-refractivity contribution in [3.8, 4) is 0 Å². The van der Waals surface area contributed by atoms with Gasteiger partial charge in [-0.25, -0.2) is 4.79 Å². The fraction of sp³-hybridized carbons (Fsp3) is 0.464. The number of nitrogens with one attached hydrogen (secondary N) is 1. The lowest BCUT2D eigenvalue weighted by Crippen LogP contribution is -2.58. The van der Waals surface area contributed by atoms with Crippen molar-refractivity contribution in [3.05, 3.63) is 60.2 Å². The molecule has 0 bridgehead atoms. The first-order valence-electron chi connectivity index (χ1n) is 13.1. The van der Waals surface area contributed by atoms with E-state index in [1.165, 1.54) is 0 Å². The first-order chi connectivity index (χ1) is 17.5. The van der Waals surface area contributed by atoms with Crippen LogP contribution >= 0.6 is 0 Å². The van der Waals surface area contributed by atoms with E-state index < -0.39 is 5.54 Å². The molecule has 2 aromatic carbocycles. The number of amides is 4. The van der Waals surface area contributed by atoms with E-state index in [4.69, 9.17) is 0 Å². The van der Waals surface area contributed by atoms with Crippen molar-refractivity contribution in [1.29, 1.82) is 0 Å². The molecule has 36 heavy (non-hydrogen) atoms. The van der Waals surface area contributed by atoms with Crippen LogP contribution < -0.4 is 10.2 Å². The van der Waals surface area contributed by atoms with Crippen LogP contribution in [0.2, 0.25) is 0 Å². The molecule has 3 heterocycles. The Hall–Kier alpha value is -3.55. The monoisotopic (exact) mass is 489 g/mol. The van der Waals surface area contributed by atoms with Crippen molar-refractivity contribution < 1.29 is 14.4 Å². The standard InChI is InChI=1S/C28H35N5O3/c1-2-22-10-6-7-13-24(22)29-27(36)31-18-14-28(15-19-31)26(35)32(20-25(34)30-16-8-9-17-30)21-33(28)23-11-4-3-5-12-23/h3-7,10-13H,2,8-9,14-21H2,1H3,(H,29,36). The molecule has 3 aliphatic rings. The van der Waals surface area contributed by atoms with Gasteiger partial charge < -0.3 is 24.9 Å². The maximum Gasteiger partial charge on any atom is 0.321 e. The van der Waals surface area contributed by atoms with Gasteiger partial charge in [-0.05, 0) is 55.9 Å². The number of hydrogen-bond acceptors (Lipinski definition) is 4. The highest BCUT2D eigenvalue weighted by molar-refractivity contribution is 5.97. The average Bonchev–Trinajstić information content (AvgIpc) is 3.54. The van der Waals surface area contributed by atoms with Gasteiger partial charge in [-0.1, -0.05) is 43.3 Å². The Balaban J connectivity index is 1.32. The van der Waals surface area contributed by atoms with Crippen molar-refractivity contribution in [2.75, 3.05) is 49.6 Å². The number of piperidine rings is 1. The summed E-state index contributed by atoms with van der Waals surface area (Å²) in [4.78, 5) is 47.3. The summed E-state index contributed by atoms with van der Waals surface area (Å²) in [6, 6.07) is 17.6. The lowest BCUT2D eigenvalue weighted by molar-refractivity contribution is -0.140. The minimum Gasteiger partial charge on any atom is -0.341 e. The molecule has 5 rings (SSSR count). The topological polar surface area (TPSA) is 76.2 Å². The summed E-state index contributed by atoms with van der Waals surface area (Å²) in [6.07, 6.45) is 3.95. The number of rotatable bonds is 5. The molecule has 0 aromatic heterocycles. The van der Waals surface area contributed by atoms with E-state index in [1.54, 1.807) is 9.80 Å². The van der Waals surface area contributed by atoms with Crippen LogP contribution in [0.4, 0.5) is 16.2 Å². The largest absolute Gasteiger partial charge is 0.341 e. The van der Waals surface area contributed by atoms with Crippen LogP contribution in [0.15, 0.2) is 54.6 Å². The lowest BCUT2D eigenvalue weighted by atomic mass is 9.85. The molecule has 0 radical (unpaired) electrons. The van der Waals surface area contributed by atoms with Crippen LogP contribution in [0, 0.1) is 0 Å². The minimum absolute atomic E-state index is 0.00436. The summed E-state index contributed by atoms with van der Waals surface area (Å²) in [5.41, 5.74) is 2.15. The van der Waals surface area contributed by atoms with E-state index in [0.717, 1.165) is 49.3 Å². The fourth-order valence-corrected chi connectivity index (χ4v) is 5.78. The van der Waals surface area contributed by atoms with E-state index in [0.29, 0.717) is 32.6 Å². The smallest absolute Gasteiger partial charge is 0.321 e. The van der Waals surface area contributed by atoms with Gasteiger partial charge in [-0.3, -0.25) is 9.59 Å². The van der Waals surface area contributed by atoms with E-state index >= 15 is 0 Å². The predicted octanol–water partition coefficient (Wildman–Crippen LogP) is 3.54. The Bertz CT molecular complexity index is 1110. The number of benzene rings is 2. The first-order valence-corrected chi connectivity index (χ1v) is 13.1. The Morgan fingerprint density at radius 3 is 2.25 bits per heavy atom. The lowest BCUT2D eigenvalue weighted by Gasteiger charge is -2.43. The van der Waals surface area contributed by atoms with Crippen LogP contribution in [-0.4, -0.2) is 77.5 Å². The summed E-state index contributed by atoms with van der Waals surface area (Å²) >= 11 is 0. The van der Waals surface area contributed by atoms with Crippen molar-refractivity contribution >= 4 is 29.2 Å². The predicted molar refractivity (Wildman–Crippen MR) is 140 cm³/mol. The minimum atomic E-state index is -0.745. The number of carbonyl (C=O) groups excluding carboxylic acids is 3. The number of para-hydroxylation sites is 2. The second-order valence-electron chi connectivity index (χ2n) is 9.96. The number of carbonyl (C=O) groups is 3. The third kappa shape index (κ3) is 4.52. The normalized spacial score (nSPS) is 19.3. The molecule has 0 unspecified atom stereocenters. The Morgan fingerprint density at radius 1 is 0.889 bits per heavy atom. The number of aryl methyl sites for hydroxylation is 1. The highest BCUT2D eigenvalue weighted by atomic mass is 16.2. The molecule has 0 atom stereocenters. The molecular formula is C28H35N5O3. The molecular weight excluding hydrogens is 454 g/mol. The number of anilines is 2. The van der Waals surface area contributed by atoms with Gasteiger partial charge in [0.05, 0.1) is 6.67 Å². The summed E-state index contributed by atoms with van der Waals surface area (Å²) in [5, 5.41) is 3.06. The van der Waals surface area contributed by atoms with Gasteiger partial charge in [-0.15, -0.1) is 0 Å². The van der Waals surface area contributed by atoms with Gasteiger partial charge in [0.25, 0.3) is 5.91 Å². The Kier molecular flexibility index (Phi) is 6.85. The average molecular weight is 490 g/mol. The second-order valence-corrected chi connectivity index (χ2v) is 9.96. The van der Waals surface area contributed by atoms with Gasteiger partial charge in [0, 0.05) is 37.6 Å². The third-order valence-electron chi connectivity index (χ3n) is 7.88. The third-order valence-corrected chi connectivity index (χ3v) is 7.88. The molecule has 8 nitrogen and oxygen atoms in total. The number of urea groups is 1. The zero-order valence-corrected chi connectivity index (χ0v) is 21.0. The van der Waals surface area contributed by atoms with Crippen LogP contribution in [0.3, 0.4) is 0 Å². The van der Waals surface area contributed by atoms with Crippen molar-refractivity contribution in [2.45, 2.75) is 44.6 Å². The Labute approximate surface area is 212 Å². The molecule has 3 fully saturated rings. The van der Waals surface area contributed by atoms with Crippen molar-refractivity contribution in [2.24, 2.45) is 0 Å². The van der Waals surface area contributed by atoms with Crippen LogP contribution in [0.1, 0.15) is 38.2 Å². The SMILES string of the molecule is CCc1ccccc1NC(=O)N1CCC2(CC1)C(=O)N(CC(=O)N1CCCC1)CN2c1ccccc1. The van der Waals surface area contributed by atoms with E-state index in [9.17, 15) is 14.4 Å². The van der Waals surface area contributed by atoms with Gasteiger partial charge in [0.15, 0.2) is 0 Å². The molecule has 3 aliphatic heterocycles. The van der Waals surface area contributed by atoms with Gasteiger partial charge >= 0.3 is 6.03 Å². The fourth-order valence-electron chi connectivity index (χ4n) is 5.78. The van der Waals surface area contributed by atoms with Gasteiger partial charge in [-0.2, -0.15) is 0 Å². The summed E-state index contributed by atoms with van der Waals surface area (Å²) in [6.45, 7) is 5.08. The zero-order valence-electron chi connectivity index (χ0n) is 21.0. The van der Waals surface area contributed by atoms with Gasteiger partial charge in [0.1, 0.15) is 12.1 Å². The van der Waals surface area contributed by atoms with Crippen molar-refractivity contribution in [1.82, 2.24) is 14.7 Å². The van der Waals surface area contributed by atoms with E-state index in [2.05, 4.69) is 17.1 Å². The van der Waals surface area contributed by atoms with Crippen LogP contribution in [0.5, 0.6) is 0 Å². The maximum atomic E-state index is 13.9. The molecule has 1 N–H and O–H groups in total. The summed E-state index contributed by atoms with van der Waals surface area (Å²) < 4.78 is 0. The van der Waals surface area contributed by atoms with E-state index in [-0.39, 0.29) is 24.4 Å². The van der Waals surface area contributed by atoms with Crippen molar-refractivity contribution in [3.63, 3.8) is 0 Å². The number of likely N-dealkylation sites (tertiary alicyclic amines) is 2. The number of hydrogen-bond donors (Lipinski definition) is 1. The summed E-state index contributed by atoms with van der Waals surface area (Å²) in [7, 11) is 0. The highest BCUT2D eigenvalue weighted by Crippen LogP contribution is 2.39. The molecule has 0 saturated carbocycles. The maximum absolute atomic E-state index is 13.9. The molecule has 8 heteroatoms. The van der Waals surface area contributed by atoms with Crippen LogP contribution in [-0.2, 0) is 16.0 Å². The molecule has 4 amide bonds. The molecule has 190 valence electrons. The Morgan fingerprint density at radius 2 is 1.56 bits per heavy atom. The molecule has 0 aliphatic carbocycles. The van der Waals surface area contributed by atoms with Gasteiger partial charge in [0.2, 0.25) is 5.91 Å². The first kappa shape index (κ1) is 24.2. The molecule has 1 spiro atoms.